The Kier molecular flexibility index (Phi) is 3.13. The second-order valence-electron chi connectivity index (χ2n) is 0.849. The summed E-state index contributed by atoms with van der Waals surface area (Å²) in [6, 6.07) is 0. The largest absolute Gasteiger partial charge is 0.387 e. The van der Waals surface area contributed by atoms with E-state index in [1.165, 1.54) is 0 Å². The minimum atomic E-state index is 0.634. The van der Waals surface area contributed by atoms with Gasteiger partial charge in [0.2, 0.25) is 0 Å². The highest BCUT2D eigenvalue weighted by atomic mass is 79.9. The van der Waals surface area contributed by atoms with E-state index in [1.54, 1.807) is 7.05 Å². The average Bonchev–Trinajstić information content (AvgIpc) is 1.65. The van der Waals surface area contributed by atoms with Gasteiger partial charge in [-0.05, 0) is 0 Å². The van der Waals surface area contributed by atoms with E-state index in [2.05, 4.69) is 20.9 Å². The molecule has 0 saturated carbocycles. The highest BCUT2D eigenvalue weighted by molar-refractivity contribution is 9.09. The van der Waals surface area contributed by atoms with E-state index in [-0.39, 0.29) is 0 Å². The first kappa shape index (κ1) is 5.95. The third-order valence-corrected chi connectivity index (χ3v) is 0.999. The Morgan fingerprint density at radius 1 is 2.00 bits per heavy atom. The van der Waals surface area contributed by atoms with Crippen LogP contribution in [0, 0.1) is 0 Å². The molecule has 0 saturated heterocycles. The molecule has 0 aromatic carbocycles. The van der Waals surface area contributed by atoms with Crippen LogP contribution in [-0.4, -0.2) is 18.2 Å². The number of nitrogens with two attached hydrogens (primary N) is 1. The molecule has 2 nitrogen and oxygen atoms in total. The molecular weight excluding hydrogens is 144 g/mol. The van der Waals surface area contributed by atoms with Gasteiger partial charge in [-0.25, -0.2) is 0 Å². The zero-order valence-electron chi connectivity index (χ0n) is 3.61. The maximum absolute atomic E-state index is 5.18. The van der Waals surface area contributed by atoms with E-state index < -0.39 is 0 Å². The zero-order chi connectivity index (χ0) is 4.99. The summed E-state index contributed by atoms with van der Waals surface area (Å²) in [6.45, 7) is 0. The molecule has 0 aromatic heterocycles. The summed E-state index contributed by atoms with van der Waals surface area (Å²) in [5, 5.41) is 0.670. The van der Waals surface area contributed by atoms with Crippen molar-refractivity contribution in [3.63, 3.8) is 0 Å². The molecule has 0 aliphatic rings. The van der Waals surface area contributed by atoms with Crippen LogP contribution >= 0.6 is 15.9 Å². The van der Waals surface area contributed by atoms with E-state index in [1.807, 2.05) is 0 Å². The van der Waals surface area contributed by atoms with E-state index in [4.69, 9.17) is 5.73 Å². The minimum Gasteiger partial charge on any atom is -0.387 e. The van der Waals surface area contributed by atoms with Gasteiger partial charge in [-0.3, -0.25) is 4.99 Å². The van der Waals surface area contributed by atoms with E-state index in [0.717, 1.165) is 0 Å². The highest BCUT2D eigenvalue weighted by Gasteiger charge is 1.77. The molecule has 6 heavy (non-hydrogen) atoms. The molecule has 0 radical (unpaired) electrons. The number of alkyl halides is 1. The van der Waals surface area contributed by atoms with Gasteiger partial charge in [-0.15, -0.1) is 0 Å². The lowest BCUT2D eigenvalue weighted by molar-refractivity contribution is 1.39. The molecule has 0 fully saturated rings. The molecule has 2 N–H and O–H groups in total. The van der Waals surface area contributed by atoms with Crippen LogP contribution in [-0.2, 0) is 0 Å². The maximum Gasteiger partial charge on any atom is 0.104 e. The van der Waals surface area contributed by atoms with Crippen LogP contribution in [0.1, 0.15) is 0 Å². The van der Waals surface area contributed by atoms with Crippen molar-refractivity contribution in [2.75, 3.05) is 12.4 Å². The Balaban J connectivity index is 3.22. The van der Waals surface area contributed by atoms with Gasteiger partial charge in [-0.1, -0.05) is 15.9 Å². The molecule has 0 aliphatic carbocycles. The number of amidine groups is 1. The summed E-state index contributed by atoms with van der Waals surface area (Å²) in [7, 11) is 1.66. The van der Waals surface area contributed by atoms with E-state index in [9.17, 15) is 0 Å². The quantitative estimate of drug-likeness (QED) is 0.328. The van der Waals surface area contributed by atoms with Crippen LogP contribution in [0.15, 0.2) is 4.99 Å². The monoisotopic (exact) mass is 150 g/mol. The predicted molar refractivity (Wildman–Crippen MR) is 31.3 cm³/mol. The molecule has 0 unspecified atom stereocenters. The minimum absolute atomic E-state index is 0.634. The van der Waals surface area contributed by atoms with Crippen LogP contribution in [0.3, 0.4) is 0 Å². The third kappa shape index (κ3) is 2.20. The van der Waals surface area contributed by atoms with Crippen molar-refractivity contribution in [3.05, 3.63) is 0 Å². The van der Waals surface area contributed by atoms with Crippen molar-refractivity contribution in [1.82, 2.24) is 0 Å². The first-order valence-corrected chi connectivity index (χ1v) is 2.70. The molecule has 0 aromatic rings. The molecule has 36 valence electrons. The Labute approximate surface area is 45.6 Å². The lowest BCUT2D eigenvalue weighted by Gasteiger charge is -1.83. The molecule has 0 amide bonds. The van der Waals surface area contributed by atoms with Crippen molar-refractivity contribution in [3.8, 4) is 0 Å². The third-order valence-electron chi connectivity index (χ3n) is 0.424. The normalized spacial score (nSPS) is 12.0. The van der Waals surface area contributed by atoms with Gasteiger partial charge in [0, 0.05) is 7.05 Å². The van der Waals surface area contributed by atoms with Gasteiger partial charge in [0.1, 0.15) is 5.84 Å². The maximum atomic E-state index is 5.18. The first-order valence-electron chi connectivity index (χ1n) is 1.58. The van der Waals surface area contributed by atoms with Crippen LogP contribution in [0.25, 0.3) is 0 Å². The van der Waals surface area contributed by atoms with Crippen molar-refractivity contribution in [2.24, 2.45) is 10.7 Å². The van der Waals surface area contributed by atoms with Crippen molar-refractivity contribution >= 4 is 21.8 Å². The standard InChI is InChI=1S/C3H7BrN2/c1-6-3(5)2-4/h2H2,1H3,(H2,5,6). The molecular formula is C3H7BrN2. The molecule has 0 heterocycles. The SMILES string of the molecule is CN=C(N)CBr. The lowest BCUT2D eigenvalue weighted by atomic mass is 10.7. The fourth-order valence-corrected chi connectivity index (χ4v) is 0.311. The van der Waals surface area contributed by atoms with Gasteiger partial charge >= 0.3 is 0 Å². The molecule has 3 heteroatoms. The van der Waals surface area contributed by atoms with E-state index >= 15 is 0 Å². The van der Waals surface area contributed by atoms with Crippen LogP contribution in [0.2, 0.25) is 0 Å². The summed E-state index contributed by atoms with van der Waals surface area (Å²) >= 11 is 3.12. The van der Waals surface area contributed by atoms with Crippen LogP contribution in [0.4, 0.5) is 0 Å². The number of nitrogens with zero attached hydrogens (tertiary/aromatic N) is 1. The topological polar surface area (TPSA) is 38.4 Å². The van der Waals surface area contributed by atoms with Crippen molar-refractivity contribution < 1.29 is 0 Å². The zero-order valence-corrected chi connectivity index (χ0v) is 5.20. The number of rotatable bonds is 1. The van der Waals surface area contributed by atoms with Gasteiger partial charge in [0.05, 0.1) is 5.33 Å². The Hall–Kier alpha value is -0.0500. The van der Waals surface area contributed by atoms with Gasteiger partial charge in [-0.2, -0.15) is 0 Å². The predicted octanol–water partition coefficient (Wildman–Crippen LogP) is 0.368. The number of hydrogen-bond donors (Lipinski definition) is 1. The van der Waals surface area contributed by atoms with Crippen LogP contribution < -0.4 is 5.73 Å². The Morgan fingerprint density at radius 3 is 2.50 bits per heavy atom. The second-order valence-corrected chi connectivity index (χ2v) is 1.41. The van der Waals surface area contributed by atoms with Gasteiger partial charge < -0.3 is 5.73 Å². The summed E-state index contributed by atoms with van der Waals surface area (Å²) in [5.74, 6) is 0.634. The number of halogens is 1. The van der Waals surface area contributed by atoms with Crippen LogP contribution in [0.5, 0.6) is 0 Å². The second kappa shape index (κ2) is 3.15. The Bertz CT molecular complexity index is 59.8. The molecule has 0 aliphatic heterocycles. The first-order chi connectivity index (χ1) is 2.81. The summed E-state index contributed by atoms with van der Waals surface area (Å²) in [6.07, 6.45) is 0. The fraction of sp³-hybridized carbons (Fsp3) is 0.667. The molecule has 0 atom stereocenters. The fourth-order valence-electron chi connectivity index (χ4n) is 0.0598. The number of aliphatic imine (C=N–C) groups is 1. The van der Waals surface area contributed by atoms with Gasteiger partial charge in [0.25, 0.3) is 0 Å². The van der Waals surface area contributed by atoms with Crippen molar-refractivity contribution in [1.29, 1.82) is 0 Å². The molecule has 0 spiro atoms. The summed E-state index contributed by atoms with van der Waals surface area (Å²) < 4.78 is 0. The Morgan fingerprint density at radius 2 is 2.50 bits per heavy atom. The van der Waals surface area contributed by atoms with Gasteiger partial charge in [0.15, 0.2) is 0 Å². The molecule has 0 bridgehead atoms. The summed E-state index contributed by atoms with van der Waals surface area (Å²) in [5.41, 5.74) is 5.18. The van der Waals surface area contributed by atoms with E-state index in [0.29, 0.717) is 11.2 Å². The lowest BCUT2D eigenvalue weighted by Crippen LogP contribution is -2.11. The highest BCUT2D eigenvalue weighted by Crippen LogP contribution is 1.75. The molecule has 0 rings (SSSR count). The average molecular weight is 151 g/mol. The van der Waals surface area contributed by atoms with Crippen molar-refractivity contribution in [2.45, 2.75) is 0 Å². The number of hydrogen-bond acceptors (Lipinski definition) is 1. The smallest absolute Gasteiger partial charge is 0.104 e. The summed E-state index contributed by atoms with van der Waals surface area (Å²) in [4.78, 5) is 3.65.